The summed E-state index contributed by atoms with van der Waals surface area (Å²) < 4.78 is 11.3. The van der Waals surface area contributed by atoms with E-state index >= 15 is 0 Å². The molecule has 0 aromatic carbocycles. The highest BCUT2D eigenvalue weighted by Crippen LogP contribution is 2.14. The van der Waals surface area contributed by atoms with Gasteiger partial charge in [-0.3, -0.25) is 9.59 Å². The lowest BCUT2D eigenvalue weighted by molar-refractivity contribution is -0.159. The third-order valence-electron chi connectivity index (χ3n) is 9.14. The number of esters is 2. The SMILES string of the molecule is CCCCCCCC/C=C\CCCCCCCC(=O)OCC(CCCCC)OC(=O)CCCCCCC/C=C\CCCCCCCC. The Hall–Kier alpha value is -1.58. The molecule has 0 amide bonds. The fraction of sp³-hybridized carbons (Fsp3) is 0.860. The van der Waals surface area contributed by atoms with E-state index in [1.54, 1.807) is 0 Å². The molecule has 276 valence electrons. The van der Waals surface area contributed by atoms with Gasteiger partial charge in [0, 0.05) is 12.8 Å². The zero-order valence-corrected chi connectivity index (χ0v) is 31.9. The van der Waals surface area contributed by atoms with E-state index < -0.39 is 0 Å². The second-order valence-corrected chi connectivity index (χ2v) is 14.0. The lowest BCUT2D eigenvalue weighted by Crippen LogP contribution is -2.25. The zero-order valence-electron chi connectivity index (χ0n) is 31.9. The molecule has 4 heteroatoms. The van der Waals surface area contributed by atoms with Gasteiger partial charge in [0.1, 0.15) is 12.7 Å². The highest BCUT2D eigenvalue weighted by Gasteiger charge is 2.17. The average molecular weight is 661 g/mol. The molecule has 0 saturated carbocycles. The van der Waals surface area contributed by atoms with E-state index in [1.165, 1.54) is 141 Å². The van der Waals surface area contributed by atoms with Crippen molar-refractivity contribution in [3.8, 4) is 0 Å². The number of hydrogen-bond donors (Lipinski definition) is 0. The van der Waals surface area contributed by atoms with Gasteiger partial charge in [-0.1, -0.05) is 161 Å². The van der Waals surface area contributed by atoms with E-state index in [0.29, 0.717) is 12.8 Å². The topological polar surface area (TPSA) is 52.6 Å². The van der Waals surface area contributed by atoms with E-state index in [1.807, 2.05) is 0 Å². The van der Waals surface area contributed by atoms with Crippen molar-refractivity contribution < 1.29 is 19.1 Å². The van der Waals surface area contributed by atoms with E-state index in [9.17, 15) is 9.59 Å². The first-order valence-corrected chi connectivity index (χ1v) is 20.8. The van der Waals surface area contributed by atoms with Gasteiger partial charge in [0.05, 0.1) is 0 Å². The second-order valence-electron chi connectivity index (χ2n) is 14.0. The molecule has 0 aromatic rings. The Bertz CT molecular complexity index is 713. The quantitative estimate of drug-likeness (QED) is 0.0378. The average Bonchev–Trinajstić information content (AvgIpc) is 3.07. The zero-order chi connectivity index (χ0) is 34.3. The lowest BCUT2D eigenvalue weighted by atomic mass is 10.1. The minimum atomic E-state index is -0.310. The van der Waals surface area contributed by atoms with E-state index in [2.05, 4.69) is 45.1 Å². The van der Waals surface area contributed by atoms with Crippen molar-refractivity contribution in [3.05, 3.63) is 24.3 Å². The molecule has 0 saturated heterocycles. The predicted octanol–water partition coefficient (Wildman–Crippen LogP) is 14.1. The maximum atomic E-state index is 12.5. The largest absolute Gasteiger partial charge is 0.462 e. The van der Waals surface area contributed by atoms with Crippen LogP contribution in [0.15, 0.2) is 24.3 Å². The Balaban J connectivity index is 3.85. The van der Waals surface area contributed by atoms with Crippen LogP contribution in [0.2, 0.25) is 0 Å². The lowest BCUT2D eigenvalue weighted by Gasteiger charge is -2.18. The van der Waals surface area contributed by atoms with Gasteiger partial charge in [-0.05, 0) is 77.0 Å². The molecule has 0 aliphatic heterocycles. The van der Waals surface area contributed by atoms with Crippen LogP contribution in [0.4, 0.5) is 0 Å². The maximum absolute atomic E-state index is 12.5. The molecule has 0 N–H and O–H groups in total. The van der Waals surface area contributed by atoms with Crippen LogP contribution in [0.5, 0.6) is 0 Å². The summed E-state index contributed by atoms with van der Waals surface area (Å²) in [6.45, 7) is 6.91. The summed E-state index contributed by atoms with van der Waals surface area (Å²) >= 11 is 0. The van der Waals surface area contributed by atoms with Crippen LogP contribution in [0.25, 0.3) is 0 Å². The van der Waals surface area contributed by atoms with Crippen molar-refractivity contribution >= 4 is 11.9 Å². The summed E-state index contributed by atoms with van der Waals surface area (Å²) in [7, 11) is 0. The summed E-state index contributed by atoms with van der Waals surface area (Å²) in [5.41, 5.74) is 0. The third kappa shape index (κ3) is 37.1. The molecule has 47 heavy (non-hydrogen) atoms. The molecule has 0 aliphatic carbocycles. The van der Waals surface area contributed by atoms with Crippen LogP contribution in [-0.2, 0) is 19.1 Å². The van der Waals surface area contributed by atoms with Crippen LogP contribution in [-0.4, -0.2) is 24.6 Å². The Morgan fingerprint density at radius 2 is 0.766 bits per heavy atom. The van der Waals surface area contributed by atoms with Gasteiger partial charge in [0.25, 0.3) is 0 Å². The number of unbranched alkanes of at least 4 members (excludes halogenated alkanes) is 24. The summed E-state index contributed by atoms with van der Waals surface area (Å²) in [5.74, 6) is -0.297. The molecule has 0 rings (SSSR count). The Labute approximate surface area is 293 Å². The third-order valence-corrected chi connectivity index (χ3v) is 9.14. The summed E-state index contributed by atoms with van der Waals surface area (Å²) in [5, 5.41) is 0. The van der Waals surface area contributed by atoms with Gasteiger partial charge < -0.3 is 9.47 Å². The summed E-state index contributed by atoms with van der Waals surface area (Å²) in [6.07, 6.45) is 46.4. The minimum Gasteiger partial charge on any atom is -0.462 e. The molecule has 1 atom stereocenters. The van der Waals surface area contributed by atoms with Crippen molar-refractivity contribution in [2.45, 2.75) is 232 Å². The van der Waals surface area contributed by atoms with Crippen molar-refractivity contribution in [3.63, 3.8) is 0 Å². The van der Waals surface area contributed by atoms with Gasteiger partial charge in [-0.25, -0.2) is 0 Å². The van der Waals surface area contributed by atoms with Crippen LogP contribution in [0, 0.1) is 0 Å². The molecule has 0 aliphatic rings. The van der Waals surface area contributed by atoms with E-state index in [4.69, 9.17) is 9.47 Å². The van der Waals surface area contributed by atoms with Crippen LogP contribution >= 0.6 is 0 Å². The molecular formula is C43H80O4. The standard InChI is InChI=1S/C43H80O4/c1-4-7-10-12-14-16-18-20-22-24-26-28-30-32-35-38-42(44)46-40-41(37-34-9-6-3)47-43(45)39-36-33-31-29-27-25-23-21-19-17-15-13-11-8-5-2/h20-23,41H,4-19,24-40H2,1-3H3/b22-20-,23-21-. The molecule has 4 nitrogen and oxygen atoms in total. The molecule has 0 spiro atoms. The molecule has 0 fully saturated rings. The van der Waals surface area contributed by atoms with Crippen molar-refractivity contribution in [1.82, 2.24) is 0 Å². The monoisotopic (exact) mass is 661 g/mol. The number of rotatable bonds is 37. The van der Waals surface area contributed by atoms with Crippen molar-refractivity contribution in [2.75, 3.05) is 6.61 Å². The van der Waals surface area contributed by atoms with Crippen LogP contribution < -0.4 is 0 Å². The summed E-state index contributed by atoms with van der Waals surface area (Å²) in [4.78, 5) is 24.9. The van der Waals surface area contributed by atoms with Crippen molar-refractivity contribution in [2.24, 2.45) is 0 Å². The smallest absolute Gasteiger partial charge is 0.306 e. The molecule has 1 unspecified atom stereocenters. The first-order valence-electron chi connectivity index (χ1n) is 20.8. The second kappa shape index (κ2) is 38.9. The highest BCUT2D eigenvalue weighted by atomic mass is 16.6. The minimum absolute atomic E-state index is 0.141. The molecule has 0 radical (unpaired) electrons. The van der Waals surface area contributed by atoms with Crippen molar-refractivity contribution in [1.29, 1.82) is 0 Å². The van der Waals surface area contributed by atoms with Gasteiger partial charge in [0.2, 0.25) is 0 Å². The van der Waals surface area contributed by atoms with Gasteiger partial charge in [0.15, 0.2) is 0 Å². The molecule has 0 aromatic heterocycles. The highest BCUT2D eigenvalue weighted by molar-refractivity contribution is 5.70. The van der Waals surface area contributed by atoms with Crippen LogP contribution in [0.1, 0.15) is 226 Å². The molecule has 0 bridgehead atoms. The number of allylic oxidation sites excluding steroid dienone is 4. The number of hydrogen-bond acceptors (Lipinski definition) is 4. The van der Waals surface area contributed by atoms with Gasteiger partial charge in [-0.2, -0.15) is 0 Å². The molecule has 0 heterocycles. The number of carbonyl (C=O) groups is 2. The van der Waals surface area contributed by atoms with Crippen LogP contribution in [0.3, 0.4) is 0 Å². The number of carbonyl (C=O) groups excluding carboxylic acids is 2. The fourth-order valence-electron chi connectivity index (χ4n) is 5.98. The van der Waals surface area contributed by atoms with E-state index in [-0.39, 0.29) is 24.6 Å². The Morgan fingerprint density at radius 1 is 0.426 bits per heavy atom. The molecular weight excluding hydrogens is 580 g/mol. The predicted molar refractivity (Wildman–Crippen MR) is 204 cm³/mol. The van der Waals surface area contributed by atoms with Gasteiger partial charge in [-0.15, -0.1) is 0 Å². The first kappa shape index (κ1) is 45.4. The Kier molecular flexibility index (Phi) is 37.6. The van der Waals surface area contributed by atoms with Gasteiger partial charge >= 0.3 is 11.9 Å². The normalized spacial score (nSPS) is 12.3. The fourth-order valence-corrected chi connectivity index (χ4v) is 5.98. The van der Waals surface area contributed by atoms with E-state index in [0.717, 1.165) is 51.4 Å². The first-order chi connectivity index (χ1) is 23.1. The summed E-state index contributed by atoms with van der Waals surface area (Å²) in [6, 6.07) is 0. The maximum Gasteiger partial charge on any atom is 0.306 e. The Morgan fingerprint density at radius 3 is 1.19 bits per heavy atom. The number of ether oxygens (including phenoxy) is 2.